The second kappa shape index (κ2) is 6.49. The number of aromatic nitrogens is 3. The number of thiazole rings is 1. The van der Waals surface area contributed by atoms with E-state index in [-0.39, 0.29) is 5.91 Å². The molecule has 0 bridgehead atoms. The van der Waals surface area contributed by atoms with Gasteiger partial charge in [-0.05, 0) is 49.4 Å². The molecule has 25 heavy (non-hydrogen) atoms. The molecule has 1 amide bonds. The van der Waals surface area contributed by atoms with Crippen molar-refractivity contribution in [3.8, 4) is 10.6 Å². The minimum atomic E-state index is -0.208. The summed E-state index contributed by atoms with van der Waals surface area (Å²) in [4.78, 5) is 16.9. The quantitative estimate of drug-likeness (QED) is 0.593. The molecule has 0 aliphatic rings. The first kappa shape index (κ1) is 15.5. The summed E-state index contributed by atoms with van der Waals surface area (Å²) in [6, 6.07) is 17.5. The Morgan fingerprint density at radius 3 is 2.64 bits per heavy atom. The lowest BCUT2D eigenvalue weighted by molar-refractivity contribution is 0.102. The summed E-state index contributed by atoms with van der Waals surface area (Å²) in [5.74, 6) is -0.208. The van der Waals surface area contributed by atoms with Gasteiger partial charge in [0.25, 0.3) is 5.91 Å². The van der Waals surface area contributed by atoms with Crippen LogP contribution in [-0.2, 0) is 6.54 Å². The summed E-state index contributed by atoms with van der Waals surface area (Å²) in [7, 11) is 0. The highest BCUT2D eigenvalue weighted by Crippen LogP contribution is 2.30. The number of amides is 1. The summed E-state index contributed by atoms with van der Waals surface area (Å²) in [5.41, 5.74) is 3.19. The number of benzene rings is 2. The molecule has 2 heterocycles. The first-order chi connectivity index (χ1) is 12.2. The third kappa shape index (κ3) is 3.16. The number of rotatable bonds is 4. The number of aryl methyl sites for hydroxylation is 1. The van der Waals surface area contributed by atoms with E-state index in [1.807, 2.05) is 49.4 Å². The molecule has 0 atom stereocenters. The van der Waals surface area contributed by atoms with Crippen LogP contribution in [0.5, 0.6) is 0 Å². The van der Waals surface area contributed by atoms with E-state index in [0.717, 1.165) is 28.3 Å². The average Bonchev–Trinajstić information content (AvgIpc) is 3.29. The molecule has 124 valence electrons. The van der Waals surface area contributed by atoms with Crippen molar-refractivity contribution in [1.82, 2.24) is 14.8 Å². The molecule has 1 N–H and O–H groups in total. The summed E-state index contributed by atoms with van der Waals surface area (Å²) < 4.78 is 2.90. The van der Waals surface area contributed by atoms with Crippen LogP contribution in [0.4, 0.5) is 5.69 Å². The Morgan fingerprint density at radius 2 is 1.92 bits per heavy atom. The van der Waals surface area contributed by atoms with E-state index in [4.69, 9.17) is 0 Å². The number of nitrogens with zero attached hydrogens (tertiary/aromatic N) is 3. The molecular weight excluding hydrogens is 332 g/mol. The number of fused-ring (bicyclic) bond motifs is 1. The molecule has 0 unspecified atom stereocenters. The van der Waals surface area contributed by atoms with E-state index in [0.29, 0.717) is 5.69 Å². The fourth-order valence-corrected chi connectivity index (χ4v) is 3.52. The SMILES string of the molecule is CCn1ccc(C(=O)Nc2ccc(-c3nc4ccccc4s3)cc2)n1. The molecule has 0 spiro atoms. The highest BCUT2D eigenvalue weighted by Gasteiger charge is 2.10. The van der Waals surface area contributed by atoms with Crippen molar-refractivity contribution in [1.29, 1.82) is 0 Å². The second-order valence-corrected chi connectivity index (χ2v) is 6.61. The van der Waals surface area contributed by atoms with Gasteiger partial charge in [0.1, 0.15) is 5.01 Å². The zero-order valence-electron chi connectivity index (χ0n) is 13.6. The fourth-order valence-electron chi connectivity index (χ4n) is 2.55. The molecular formula is C19H16N4OS. The zero-order chi connectivity index (χ0) is 17.2. The van der Waals surface area contributed by atoms with Gasteiger partial charge in [-0.3, -0.25) is 9.48 Å². The number of nitrogens with one attached hydrogen (secondary N) is 1. The van der Waals surface area contributed by atoms with E-state index in [1.165, 1.54) is 4.70 Å². The highest BCUT2D eigenvalue weighted by atomic mass is 32.1. The Hall–Kier alpha value is -2.99. The predicted octanol–water partition coefficient (Wildman–Crippen LogP) is 4.43. The van der Waals surface area contributed by atoms with Gasteiger partial charge in [-0.25, -0.2) is 4.98 Å². The van der Waals surface area contributed by atoms with E-state index in [2.05, 4.69) is 21.5 Å². The number of carbonyl (C=O) groups excluding carboxylic acids is 1. The van der Waals surface area contributed by atoms with Crippen LogP contribution in [0, 0.1) is 0 Å². The monoisotopic (exact) mass is 348 g/mol. The van der Waals surface area contributed by atoms with Crippen molar-refractivity contribution in [2.45, 2.75) is 13.5 Å². The molecule has 0 saturated heterocycles. The Labute approximate surface area is 149 Å². The van der Waals surface area contributed by atoms with Gasteiger partial charge in [0.05, 0.1) is 10.2 Å². The van der Waals surface area contributed by atoms with Crippen LogP contribution in [-0.4, -0.2) is 20.7 Å². The van der Waals surface area contributed by atoms with Crippen LogP contribution < -0.4 is 5.32 Å². The minimum Gasteiger partial charge on any atom is -0.321 e. The number of anilines is 1. The van der Waals surface area contributed by atoms with Crippen LogP contribution in [0.15, 0.2) is 60.8 Å². The van der Waals surface area contributed by atoms with Gasteiger partial charge < -0.3 is 5.32 Å². The van der Waals surface area contributed by atoms with Gasteiger partial charge in [0.2, 0.25) is 0 Å². The van der Waals surface area contributed by atoms with Crippen molar-refractivity contribution in [2.24, 2.45) is 0 Å². The van der Waals surface area contributed by atoms with Crippen LogP contribution in [0.1, 0.15) is 17.4 Å². The lowest BCUT2D eigenvalue weighted by Crippen LogP contribution is -2.13. The van der Waals surface area contributed by atoms with Crippen molar-refractivity contribution in [3.63, 3.8) is 0 Å². The Morgan fingerprint density at radius 1 is 1.12 bits per heavy atom. The van der Waals surface area contributed by atoms with Gasteiger partial charge in [-0.2, -0.15) is 5.10 Å². The summed E-state index contributed by atoms with van der Waals surface area (Å²) in [5, 5.41) is 8.05. The maximum Gasteiger partial charge on any atom is 0.276 e. The summed E-state index contributed by atoms with van der Waals surface area (Å²) >= 11 is 1.66. The molecule has 0 saturated carbocycles. The Balaban J connectivity index is 1.52. The number of para-hydroxylation sites is 1. The van der Waals surface area contributed by atoms with Crippen LogP contribution in [0.25, 0.3) is 20.8 Å². The Kier molecular flexibility index (Phi) is 4.03. The van der Waals surface area contributed by atoms with Crippen LogP contribution in [0.2, 0.25) is 0 Å². The van der Waals surface area contributed by atoms with Gasteiger partial charge >= 0.3 is 0 Å². The first-order valence-corrected chi connectivity index (χ1v) is 8.85. The van der Waals surface area contributed by atoms with Gasteiger partial charge in [0, 0.05) is 24.0 Å². The average molecular weight is 348 g/mol. The molecule has 0 aliphatic heterocycles. The predicted molar refractivity (Wildman–Crippen MR) is 101 cm³/mol. The van der Waals surface area contributed by atoms with Crippen molar-refractivity contribution >= 4 is 33.1 Å². The molecule has 0 fully saturated rings. The molecule has 2 aromatic carbocycles. The fraction of sp³-hybridized carbons (Fsp3) is 0.105. The standard InChI is InChI=1S/C19H16N4OS/c1-2-23-12-11-16(22-23)18(24)20-14-9-7-13(8-10-14)19-21-15-5-3-4-6-17(15)25-19/h3-12H,2H2,1H3,(H,20,24). The topological polar surface area (TPSA) is 59.8 Å². The van der Waals surface area contributed by atoms with Gasteiger partial charge in [-0.1, -0.05) is 12.1 Å². The second-order valence-electron chi connectivity index (χ2n) is 5.57. The lowest BCUT2D eigenvalue weighted by atomic mass is 10.2. The number of hydrogen-bond donors (Lipinski definition) is 1. The van der Waals surface area contributed by atoms with Crippen molar-refractivity contribution in [3.05, 3.63) is 66.5 Å². The van der Waals surface area contributed by atoms with E-state index in [1.54, 1.807) is 28.3 Å². The molecule has 4 rings (SSSR count). The normalized spacial score (nSPS) is 10.9. The molecule has 0 aliphatic carbocycles. The summed E-state index contributed by atoms with van der Waals surface area (Å²) in [6.45, 7) is 2.72. The van der Waals surface area contributed by atoms with Crippen LogP contribution >= 0.6 is 11.3 Å². The van der Waals surface area contributed by atoms with Crippen molar-refractivity contribution < 1.29 is 4.79 Å². The molecule has 2 aromatic heterocycles. The maximum absolute atomic E-state index is 12.2. The van der Waals surface area contributed by atoms with Gasteiger partial charge in [-0.15, -0.1) is 11.3 Å². The minimum absolute atomic E-state index is 0.208. The highest BCUT2D eigenvalue weighted by molar-refractivity contribution is 7.21. The maximum atomic E-state index is 12.2. The first-order valence-electron chi connectivity index (χ1n) is 8.04. The molecule has 0 radical (unpaired) electrons. The van der Waals surface area contributed by atoms with E-state index < -0.39 is 0 Å². The number of carbonyl (C=O) groups is 1. The smallest absolute Gasteiger partial charge is 0.276 e. The van der Waals surface area contributed by atoms with E-state index in [9.17, 15) is 4.79 Å². The van der Waals surface area contributed by atoms with E-state index >= 15 is 0 Å². The zero-order valence-corrected chi connectivity index (χ0v) is 14.5. The molecule has 4 aromatic rings. The largest absolute Gasteiger partial charge is 0.321 e. The third-order valence-corrected chi connectivity index (χ3v) is 4.97. The van der Waals surface area contributed by atoms with Crippen molar-refractivity contribution in [2.75, 3.05) is 5.32 Å². The summed E-state index contributed by atoms with van der Waals surface area (Å²) in [6.07, 6.45) is 1.80. The Bertz CT molecular complexity index is 1000. The number of hydrogen-bond acceptors (Lipinski definition) is 4. The molecule has 6 heteroatoms. The molecule has 5 nitrogen and oxygen atoms in total. The lowest BCUT2D eigenvalue weighted by Gasteiger charge is -2.04. The van der Waals surface area contributed by atoms with Gasteiger partial charge in [0.15, 0.2) is 5.69 Å². The third-order valence-electron chi connectivity index (χ3n) is 3.88. The van der Waals surface area contributed by atoms with Crippen LogP contribution in [0.3, 0.4) is 0 Å².